The van der Waals surface area contributed by atoms with Crippen molar-refractivity contribution in [3.63, 3.8) is 0 Å². The number of hydrogen-bond donors (Lipinski definition) is 0. The third-order valence-corrected chi connectivity index (χ3v) is 4.71. The number of hydrogen-bond acceptors (Lipinski definition) is 4. The molecule has 0 aromatic carbocycles. The van der Waals surface area contributed by atoms with Crippen LogP contribution in [0.2, 0.25) is 0 Å². The number of carbonyl (C=O) groups is 1. The first-order chi connectivity index (χ1) is 9.11. The van der Waals surface area contributed by atoms with Gasteiger partial charge in [-0.25, -0.2) is 0 Å². The van der Waals surface area contributed by atoms with Gasteiger partial charge in [-0.05, 0) is 58.7 Å². The maximum atomic E-state index is 12.1. The number of rotatable bonds is 5. The number of methoxy groups -OCH3 is 1. The molecule has 2 saturated heterocycles. The number of likely N-dealkylation sites (tertiary alicyclic amines) is 2. The Kier molecular flexibility index (Phi) is 5.22. The van der Waals surface area contributed by atoms with Crippen LogP contribution in [0, 0.1) is 11.8 Å². The third kappa shape index (κ3) is 3.69. The molecule has 0 bridgehead atoms. The third-order valence-electron chi connectivity index (χ3n) is 4.71. The van der Waals surface area contributed by atoms with Gasteiger partial charge in [0.15, 0.2) is 0 Å². The van der Waals surface area contributed by atoms with Gasteiger partial charge in [0.05, 0.1) is 13.0 Å². The maximum absolute atomic E-state index is 12.1. The second kappa shape index (κ2) is 6.71. The first-order valence-electron chi connectivity index (χ1n) is 7.66. The minimum absolute atomic E-state index is 0.0116. The van der Waals surface area contributed by atoms with E-state index in [9.17, 15) is 4.79 Å². The van der Waals surface area contributed by atoms with Gasteiger partial charge in [0.1, 0.15) is 0 Å². The zero-order valence-electron chi connectivity index (χ0n) is 12.6. The van der Waals surface area contributed by atoms with Crippen molar-refractivity contribution in [3.8, 4) is 0 Å². The summed E-state index contributed by atoms with van der Waals surface area (Å²) in [6.45, 7) is 9.82. The lowest BCUT2D eigenvalue weighted by atomic mass is 9.91. The molecule has 2 rings (SSSR count). The second-order valence-corrected chi connectivity index (χ2v) is 6.27. The zero-order valence-corrected chi connectivity index (χ0v) is 12.6. The van der Waals surface area contributed by atoms with Crippen molar-refractivity contribution >= 4 is 5.97 Å². The fourth-order valence-electron chi connectivity index (χ4n) is 3.42. The molecule has 0 spiro atoms. The molecule has 0 amide bonds. The van der Waals surface area contributed by atoms with Crippen molar-refractivity contribution in [2.24, 2.45) is 11.8 Å². The fraction of sp³-hybridized carbons (Fsp3) is 0.933. The summed E-state index contributed by atoms with van der Waals surface area (Å²) in [7, 11) is 1.52. The number of esters is 1. The van der Waals surface area contributed by atoms with Crippen LogP contribution in [0.5, 0.6) is 0 Å². The second-order valence-electron chi connectivity index (χ2n) is 6.27. The summed E-state index contributed by atoms with van der Waals surface area (Å²) < 4.78 is 5.05. The Morgan fingerprint density at radius 3 is 2.47 bits per heavy atom. The molecule has 4 nitrogen and oxygen atoms in total. The molecule has 2 fully saturated rings. The highest BCUT2D eigenvalue weighted by Crippen LogP contribution is 2.28. The first kappa shape index (κ1) is 14.8. The van der Waals surface area contributed by atoms with E-state index in [0.29, 0.717) is 12.0 Å². The highest BCUT2D eigenvalue weighted by Gasteiger charge is 2.36. The lowest BCUT2D eigenvalue weighted by Gasteiger charge is -2.27. The minimum atomic E-state index is -0.0116. The average molecular weight is 268 g/mol. The van der Waals surface area contributed by atoms with E-state index < -0.39 is 0 Å². The molecular weight excluding hydrogens is 240 g/mol. The van der Waals surface area contributed by atoms with Crippen molar-refractivity contribution in [2.75, 3.05) is 39.8 Å². The van der Waals surface area contributed by atoms with Gasteiger partial charge in [0.2, 0.25) is 0 Å². The Morgan fingerprint density at radius 1 is 1.26 bits per heavy atom. The van der Waals surface area contributed by atoms with Crippen molar-refractivity contribution in [2.45, 2.75) is 39.2 Å². The quantitative estimate of drug-likeness (QED) is 0.709. The van der Waals surface area contributed by atoms with Gasteiger partial charge in [0, 0.05) is 19.1 Å². The molecule has 0 N–H and O–H groups in total. The Bertz CT molecular complexity index is 301. The van der Waals surface area contributed by atoms with Gasteiger partial charge in [-0.15, -0.1) is 0 Å². The number of ether oxygens (including phenoxy) is 1. The Hall–Kier alpha value is -0.610. The SMILES string of the molecule is COC(=O)C(CN1CCCC1)C1CCN(C(C)C)C1. The summed E-state index contributed by atoms with van der Waals surface area (Å²) in [4.78, 5) is 17.0. The van der Waals surface area contributed by atoms with E-state index in [1.807, 2.05) is 0 Å². The predicted molar refractivity (Wildman–Crippen MR) is 76.0 cm³/mol. The largest absolute Gasteiger partial charge is 0.469 e. The van der Waals surface area contributed by atoms with Crippen LogP contribution in [0.15, 0.2) is 0 Å². The Balaban J connectivity index is 1.95. The molecule has 4 heteroatoms. The Morgan fingerprint density at radius 2 is 1.95 bits per heavy atom. The first-order valence-corrected chi connectivity index (χ1v) is 7.66. The van der Waals surface area contributed by atoms with Gasteiger partial charge in [-0.2, -0.15) is 0 Å². The van der Waals surface area contributed by atoms with Gasteiger partial charge in [0.25, 0.3) is 0 Å². The zero-order chi connectivity index (χ0) is 13.8. The van der Waals surface area contributed by atoms with Gasteiger partial charge >= 0.3 is 5.97 Å². The van der Waals surface area contributed by atoms with Crippen molar-refractivity contribution in [1.29, 1.82) is 0 Å². The predicted octanol–water partition coefficient (Wildman–Crippen LogP) is 1.60. The van der Waals surface area contributed by atoms with Crippen molar-refractivity contribution in [3.05, 3.63) is 0 Å². The van der Waals surface area contributed by atoms with E-state index in [-0.39, 0.29) is 11.9 Å². The van der Waals surface area contributed by atoms with Crippen LogP contribution in [0.4, 0.5) is 0 Å². The van der Waals surface area contributed by atoms with E-state index >= 15 is 0 Å². The van der Waals surface area contributed by atoms with Crippen LogP contribution in [-0.2, 0) is 9.53 Å². The molecule has 0 radical (unpaired) electrons. The van der Waals surface area contributed by atoms with Crippen LogP contribution in [0.25, 0.3) is 0 Å². The molecule has 2 aliphatic rings. The van der Waals surface area contributed by atoms with E-state index in [1.54, 1.807) is 0 Å². The fourth-order valence-corrected chi connectivity index (χ4v) is 3.42. The summed E-state index contributed by atoms with van der Waals surface area (Å²) in [5.41, 5.74) is 0. The molecule has 110 valence electrons. The molecule has 19 heavy (non-hydrogen) atoms. The molecule has 0 aromatic rings. The summed E-state index contributed by atoms with van der Waals surface area (Å²) in [5.74, 6) is 0.518. The molecular formula is C15H28N2O2. The summed E-state index contributed by atoms with van der Waals surface area (Å²) in [5, 5.41) is 0. The van der Waals surface area contributed by atoms with E-state index in [4.69, 9.17) is 4.74 Å². The van der Waals surface area contributed by atoms with E-state index in [0.717, 1.165) is 39.1 Å². The molecule has 0 aliphatic carbocycles. The van der Waals surface area contributed by atoms with Gasteiger partial charge in [-0.3, -0.25) is 4.79 Å². The van der Waals surface area contributed by atoms with Crippen LogP contribution in [0.3, 0.4) is 0 Å². The van der Waals surface area contributed by atoms with Crippen molar-refractivity contribution in [1.82, 2.24) is 9.80 Å². The standard InChI is InChI=1S/C15H28N2O2/c1-12(2)17-9-6-13(10-17)14(15(18)19-3)11-16-7-4-5-8-16/h12-14H,4-11H2,1-3H3. The van der Waals surface area contributed by atoms with E-state index in [1.165, 1.54) is 20.0 Å². The van der Waals surface area contributed by atoms with Crippen LogP contribution in [0.1, 0.15) is 33.1 Å². The van der Waals surface area contributed by atoms with Crippen molar-refractivity contribution < 1.29 is 9.53 Å². The molecule has 2 atom stereocenters. The van der Waals surface area contributed by atoms with Gasteiger partial charge < -0.3 is 14.5 Å². The topological polar surface area (TPSA) is 32.8 Å². The highest BCUT2D eigenvalue weighted by molar-refractivity contribution is 5.73. The van der Waals surface area contributed by atoms with Crippen LogP contribution < -0.4 is 0 Å². The smallest absolute Gasteiger partial charge is 0.310 e. The average Bonchev–Trinajstić information content (AvgIpc) is 3.05. The minimum Gasteiger partial charge on any atom is -0.469 e. The van der Waals surface area contributed by atoms with Crippen LogP contribution in [-0.4, -0.2) is 61.6 Å². The Labute approximate surface area is 117 Å². The molecule has 2 heterocycles. The summed E-state index contributed by atoms with van der Waals surface area (Å²) >= 11 is 0. The maximum Gasteiger partial charge on any atom is 0.310 e. The summed E-state index contributed by atoms with van der Waals surface area (Å²) in [6.07, 6.45) is 3.68. The lowest BCUT2D eigenvalue weighted by Crippen LogP contribution is -2.38. The monoisotopic (exact) mass is 268 g/mol. The van der Waals surface area contributed by atoms with E-state index in [2.05, 4.69) is 23.6 Å². The summed E-state index contributed by atoms with van der Waals surface area (Å²) in [6, 6.07) is 0.579. The molecule has 2 unspecified atom stereocenters. The lowest BCUT2D eigenvalue weighted by molar-refractivity contribution is -0.148. The molecule has 2 aliphatic heterocycles. The highest BCUT2D eigenvalue weighted by atomic mass is 16.5. The molecule has 0 aromatic heterocycles. The molecule has 0 saturated carbocycles. The number of carbonyl (C=O) groups excluding carboxylic acids is 1. The van der Waals surface area contributed by atoms with Gasteiger partial charge in [-0.1, -0.05) is 0 Å². The number of nitrogens with zero attached hydrogens (tertiary/aromatic N) is 2. The van der Waals surface area contributed by atoms with Crippen LogP contribution >= 0.6 is 0 Å². The normalized spacial score (nSPS) is 27.1.